The lowest BCUT2D eigenvalue weighted by Crippen LogP contribution is -2.20. The van der Waals surface area contributed by atoms with Gasteiger partial charge in [0.2, 0.25) is 0 Å². The Labute approximate surface area is 149 Å². The van der Waals surface area contributed by atoms with E-state index in [4.69, 9.17) is 4.74 Å². The smallest absolute Gasteiger partial charge is 0.119 e. The monoisotopic (exact) mass is 333 g/mol. The highest BCUT2D eigenvalue weighted by atomic mass is 16.5. The maximum absolute atomic E-state index is 5.21. The maximum atomic E-state index is 5.21. The van der Waals surface area contributed by atoms with Crippen LogP contribution in [0.5, 0.6) is 5.75 Å². The Bertz CT molecular complexity index is 771. The van der Waals surface area contributed by atoms with Gasteiger partial charge in [0.1, 0.15) is 5.75 Å². The molecule has 128 valence electrons. The zero-order chi connectivity index (χ0) is 17.5. The standard InChI is InChI=1S/C21H23N3O/c1-24(20-12-14-21(25-2)15-13-20)19-10-8-17(9-11-19)16-22-23-18-6-4-3-5-7-18/h3-15,22-23H,16H2,1-2H3. The van der Waals surface area contributed by atoms with Crippen molar-refractivity contribution in [1.82, 2.24) is 5.43 Å². The van der Waals surface area contributed by atoms with Crippen LogP contribution in [0.4, 0.5) is 17.1 Å². The van der Waals surface area contributed by atoms with E-state index in [9.17, 15) is 0 Å². The summed E-state index contributed by atoms with van der Waals surface area (Å²) in [5.74, 6) is 0.865. The van der Waals surface area contributed by atoms with E-state index in [0.717, 1.165) is 29.4 Å². The molecular formula is C21H23N3O. The molecule has 0 aromatic heterocycles. The molecule has 0 aliphatic carbocycles. The van der Waals surface area contributed by atoms with Crippen LogP contribution in [0.3, 0.4) is 0 Å². The molecule has 0 saturated carbocycles. The summed E-state index contributed by atoms with van der Waals surface area (Å²) in [6, 6.07) is 26.6. The van der Waals surface area contributed by atoms with Crippen LogP contribution in [-0.4, -0.2) is 14.2 Å². The van der Waals surface area contributed by atoms with Crippen LogP contribution >= 0.6 is 0 Å². The van der Waals surface area contributed by atoms with Crippen molar-refractivity contribution in [2.75, 3.05) is 24.5 Å². The largest absolute Gasteiger partial charge is 0.497 e. The molecule has 2 N–H and O–H groups in total. The van der Waals surface area contributed by atoms with E-state index in [1.165, 1.54) is 5.56 Å². The quantitative estimate of drug-likeness (QED) is 0.621. The van der Waals surface area contributed by atoms with Gasteiger partial charge in [-0.25, -0.2) is 5.43 Å². The van der Waals surface area contributed by atoms with Crippen molar-refractivity contribution in [3.05, 3.63) is 84.4 Å². The number of ether oxygens (including phenoxy) is 1. The summed E-state index contributed by atoms with van der Waals surface area (Å²) in [7, 11) is 3.74. The average Bonchev–Trinajstić information content (AvgIpc) is 2.69. The number of hydrogen-bond donors (Lipinski definition) is 2. The summed E-state index contributed by atoms with van der Waals surface area (Å²) in [5.41, 5.74) is 11.0. The van der Waals surface area contributed by atoms with Crippen LogP contribution in [0, 0.1) is 0 Å². The highest BCUT2D eigenvalue weighted by Crippen LogP contribution is 2.25. The second-order valence-electron chi connectivity index (χ2n) is 5.77. The number of anilines is 3. The predicted octanol–water partition coefficient (Wildman–Crippen LogP) is 4.58. The molecule has 3 aromatic carbocycles. The SMILES string of the molecule is COc1ccc(N(C)c2ccc(CNNc3ccccc3)cc2)cc1. The Kier molecular flexibility index (Phi) is 5.54. The third kappa shape index (κ3) is 4.52. The first-order chi connectivity index (χ1) is 12.3. The molecule has 3 rings (SSSR count). The van der Waals surface area contributed by atoms with E-state index in [-0.39, 0.29) is 0 Å². The Hall–Kier alpha value is -2.98. The summed E-state index contributed by atoms with van der Waals surface area (Å²) in [6.07, 6.45) is 0. The molecule has 0 amide bonds. The first kappa shape index (κ1) is 16.9. The normalized spacial score (nSPS) is 10.3. The Morgan fingerprint density at radius 1 is 0.800 bits per heavy atom. The van der Waals surface area contributed by atoms with Gasteiger partial charge < -0.3 is 15.1 Å². The second-order valence-corrected chi connectivity index (χ2v) is 5.77. The van der Waals surface area contributed by atoms with Gasteiger partial charge in [0.15, 0.2) is 0 Å². The van der Waals surface area contributed by atoms with Gasteiger partial charge in [0.25, 0.3) is 0 Å². The molecule has 0 fully saturated rings. The van der Waals surface area contributed by atoms with E-state index < -0.39 is 0 Å². The Balaban J connectivity index is 1.57. The van der Waals surface area contributed by atoms with E-state index in [0.29, 0.717) is 0 Å². The minimum absolute atomic E-state index is 0.751. The van der Waals surface area contributed by atoms with Gasteiger partial charge in [-0.1, -0.05) is 30.3 Å². The lowest BCUT2D eigenvalue weighted by Gasteiger charge is -2.20. The van der Waals surface area contributed by atoms with Gasteiger partial charge in [0, 0.05) is 30.7 Å². The van der Waals surface area contributed by atoms with Gasteiger partial charge in [-0.05, 0) is 54.1 Å². The number of nitrogens with zero attached hydrogens (tertiary/aromatic N) is 1. The third-order valence-electron chi connectivity index (χ3n) is 4.08. The zero-order valence-corrected chi connectivity index (χ0v) is 14.6. The lowest BCUT2D eigenvalue weighted by molar-refractivity contribution is 0.415. The summed E-state index contributed by atoms with van der Waals surface area (Å²) >= 11 is 0. The van der Waals surface area contributed by atoms with Crippen molar-refractivity contribution in [2.45, 2.75) is 6.54 Å². The molecule has 0 saturated heterocycles. The molecule has 0 spiro atoms. The van der Waals surface area contributed by atoms with Crippen LogP contribution in [0.15, 0.2) is 78.9 Å². The molecule has 4 heteroatoms. The van der Waals surface area contributed by atoms with Gasteiger partial charge in [-0.2, -0.15) is 0 Å². The molecule has 0 radical (unpaired) electrons. The number of benzene rings is 3. The highest BCUT2D eigenvalue weighted by molar-refractivity contribution is 5.63. The molecule has 3 aromatic rings. The van der Waals surface area contributed by atoms with Crippen molar-refractivity contribution < 1.29 is 4.74 Å². The summed E-state index contributed by atoms with van der Waals surface area (Å²) in [6.45, 7) is 0.751. The first-order valence-electron chi connectivity index (χ1n) is 8.27. The van der Waals surface area contributed by atoms with Crippen molar-refractivity contribution >= 4 is 17.1 Å². The lowest BCUT2D eigenvalue weighted by atomic mass is 10.2. The van der Waals surface area contributed by atoms with Crippen LogP contribution < -0.4 is 20.5 Å². The molecule has 0 atom stereocenters. The van der Waals surface area contributed by atoms with Crippen molar-refractivity contribution in [2.24, 2.45) is 0 Å². The van der Waals surface area contributed by atoms with Gasteiger partial charge >= 0.3 is 0 Å². The van der Waals surface area contributed by atoms with Crippen LogP contribution in [0.25, 0.3) is 0 Å². The predicted molar refractivity (Wildman–Crippen MR) is 104 cm³/mol. The third-order valence-corrected chi connectivity index (χ3v) is 4.08. The molecular weight excluding hydrogens is 310 g/mol. The number of hydrazine groups is 1. The fourth-order valence-electron chi connectivity index (χ4n) is 2.56. The van der Waals surface area contributed by atoms with E-state index in [1.54, 1.807) is 7.11 Å². The van der Waals surface area contributed by atoms with Crippen molar-refractivity contribution in [3.8, 4) is 5.75 Å². The summed E-state index contributed by atoms with van der Waals surface area (Å²) in [5, 5.41) is 0. The highest BCUT2D eigenvalue weighted by Gasteiger charge is 2.04. The van der Waals surface area contributed by atoms with Gasteiger partial charge in [-0.15, -0.1) is 0 Å². The number of para-hydroxylation sites is 1. The average molecular weight is 333 g/mol. The van der Waals surface area contributed by atoms with Crippen LogP contribution in [-0.2, 0) is 6.54 Å². The maximum Gasteiger partial charge on any atom is 0.119 e. The summed E-state index contributed by atoms with van der Waals surface area (Å²) < 4.78 is 5.21. The number of nitrogens with one attached hydrogen (secondary N) is 2. The zero-order valence-electron chi connectivity index (χ0n) is 14.6. The molecule has 25 heavy (non-hydrogen) atoms. The minimum Gasteiger partial charge on any atom is -0.497 e. The Morgan fingerprint density at radius 3 is 2.00 bits per heavy atom. The van der Waals surface area contributed by atoms with E-state index in [2.05, 4.69) is 59.2 Å². The fraction of sp³-hybridized carbons (Fsp3) is 0.143. The number of methoxy groups -OCH3 is 1. The minimum atomic E-state index is 0.751. The number of rotatable bonds is 7. The molecule has 0 heterocycles. The number of hydrogen-bond acceptors (Lipinski definition) is 4. The molecule has 0 bridgehead atoms. The van der Waals surface area contributed by atoms with E-state index >= 15 is 0 Å². The van der Waals surface area contributed by atoms with E-state index in [1.807, 2.05) is 42.5 Å². The fourth-order valence-corrected chi connectivity index (χ4v) is 2.56. The first-order valence-corrected chi connectivity index (χ1v) is 8.27. The van der Waals surface area contributed by atoms with Crippen molar-refractivity contribution in [3.63, 3.8) is 0 Å². The van der Waals surface area contributed by atoms with Crippen LogP contribution in [0.1, 0.15) is 5.56 Å². The molecule has 0 unspecified atom stereocenters. The van der Waals surface area contributed by atoms with Crippen LogP contribution in [0.2, 0.25) is 0 Å². The van der Waals surface area contributed by atoms with Gasteiger partial charge in [-0.3, -0.25) is 0 Å². The van der Waals surface area contributed by atoms with Crippen molar-refractivity contribution in [1.29, 1.82) is 0 Å². The summed E-state index contributed by atoms with van der Waals surface area (Å²) in [4.78, 5) is 2.15. The Morgan fingerprint density at radius 2 is 1.40 bits per heavy atom. The van der Waals surface area contributed by atoms with Gasteiger partial charge in [0.05, 0.1) is 7.11 Å². The molecule has 0 aliphatic rings. The topological polar surface area (TPSA) is 36.5 Å². The second kappa shape index (κ2) is 8.22. The molecule has 0 aliphatic heterocycles. The molecule has 4 nitrogen and oxygen atoms in total.